The Balaban J connectivity index is 0.00000529. The average Bonchev–Trinajstić information content (AvgIpc) is 2.56. The lowest BCUT2D eigenvalue weighted by Gasteiger charge is -2.15. The van der Waals surface area contributed by atoms with Gasteiger partial charge < -0.3 is 24.8 Å². The fraction of sp³-hybridized carbons (Fsp3) is 0.588. The Kier molecular flexibility index (Phi) is 13.4. The van der Waals surface area contributed by atoms with E-state index in [2.05, 4.69) is 15.6 Å². The molecule has 0 spiro atoms. The third kappa shape index (κ3) is 9.82. The highest BCUT2D eigenvalue weighted by Gasteiger charge is 2.05. The normalized spacial score (nSPS) is 12.1. The number of benzene rings is 1. The van der Waals surface area contributed by atoms with Gasteiger partial charge in [-0.1, -0.05) is 6.07 Å². The van der Waals surface area contributed by atoms with Gasteiger partial charge in [0.25, 0.3) is 0 Å². The molecule has 0 radical (unpaired) electrons. The summed E-state index contributed by atoms with van der Waals surface area (Å²) in [6.07, 6.45) is 0.910. The highest BCUT2D eigenvalue weighted by molar-refractivity contribution is 14.0. The molecule has 0 aliphatic rings. The number of aliphatic imine (C=N–C) groups is 1. The number of nitrogens with one attached hydrogen (secondary N) is 2. The molecule has 0 aromatic heterocycles. The number of nitrogens with zero attached hydrogens (tertiary/aromatic N) is 1. The van der Waals surface area contributed by atoms with Gasteiger partial charge in [0.2, 0.25) is 0 Å². The van der Waals surface area contributed by atoms with Crippen molar-refractivity contribution in [2.75, 3.05) is 40.5 Å². The van der Waals surface area contributed by atoms with Crippen LogP contribution in [0.5, 0.6) is 11.5 Å². The average molecular weight is 451 g/mol. The van der Waals surface area contributed by atoms with Crippen molar-refractivity contribution in [2.24, 2.45) is 4.99 Å². The fourth-order valence-corrected chi connectivity index (χ4v) is 1.93. The van der Waals surface area contributed by atoms with Gasteiger partial charge in [0, 0.05) is 32.9 Å². The second kappa shape index (κ2) is 14.2. The first-order valence-electron chi connectivity index (χ1n) is 8.01. The van der Waals surface area contributed by atoms with Crippen molar-refractivity contribution in [1.29, 1.82) is 0 Å². The second-order valence-corrected chi connectivity index (χ2v) is 5.10. The van der Waals surface area contributed by atoms with Crippen molar-refractivity contribution in [3.63, 3.8) is 0 Å². The van der Waals surface area contributed by atoms with E-state index in [4.69, 9.17) is 14.2 Å². The molecule has 0 aliphatic heterocycles. The van der Waals surface area contributed by atoms with Crippen LogP contribution in [0.1, 0.15) is 20.3 Å². The second-order valence-electron chi connectivity index (χ2n) is 5.10. The molecule has 0 aliphatic carbocycles. The minimum atomic E-state index is -0.0310. The molecule has 1 unspecified atom stereocenters. The van der Waals surface area contributed by atoms with Gasteiger partial charge in [-0.15, -0.1) is 24.0 Å². The molecule has 2 N–H and O–H groups in total. The highest BCUT2D eigenvalue weighted by atomic mass is 127. The number of guanidine groups is 1. The molecule has 7 heteroatoms. The van der Waals surface area contributed by atoms with Crippen molar-refractivity contribution in [1.82, 2.24) is 10.6 Å². The summed E-state index contributed by atoms with van der Waals surface area (Å²) in [5.41, 5.74) is 0. The molecule has 0 saturated heterocycles. The Morgan fingerprint density at radius 1 is 1.21 bits per heavy atom. The summed E-state index contributed by atoms with van der Waals surface area (Å²) < 4.78 is 16.1. The zero-order valence-corrected chi connectivity index (χ0v) is 17.3. The van der Waals surface area contributed by atoms with Crippen LogP contribution in [0.15, 0.2) is 29.3 Å². The van der Waals surface area contributed by atoms with Gasteiger partial charge in [0.05, 0.1) is 13.7 Å². The Labute approximate surface area is 162 Å². The monoisotopic (exact) mass is 451 g/mol. The van der Waals surface area contributed by atoms with Crippen LogP contribution in [0.4, 0.5) is 0 Å². The first kappa shape index (κ1) is 22.8. The number of hydrogen-bond donors (Lipinski definition) is 2. The summed E-state index contributed by atoms with van der Waals surface area (Å²) in [4.78, 5) is 4.55. The van der Waals surface area contributed by atoms with Crippen LogP contribution in [0.25, 0.3) is 0 Å². The van der Waals surface area contributed by atoms with Crippen LogP contribution in [-0.2, 0) is 4.74 Å². The summed E-state index contributed by atoms with van der Waals surface area (Å²) in [5, 5.41) is 6.50. The number of hydrogen-bond acceptors (Lipinski definition) is 4. The summed E-state index contributed by atoms with van der Waals surface area (Å²) in [6.45, 7) is 6.99. The van der Waals surface area contributed by atoms with Gasteiger partial charge in [-0.25, -0.2) is 4.99 Å². The molecule has 6 nitrogen and oxygen atoms in total. The molecule has 1 rings (SSSR count). The van der Waals surface area contributed by atoms with E-state index in [9.17, 15) is 0 Å². The lowest BCUT2D eigenvalue weighted by atomic mass is 10.3. The van der Waals surface area contributed by atoms with E-state index in [0.29, 0.717) is 6.54 Å². The van der Waals surface area contributed by atoms with E-state index in [0.717, 1.165) is 43.6 Å². The van der Waals surface area contributed by atoms with E-state index in [1.165, 1.54) is 0 Å². The van der Waals surface area contributed by atoms with E-state index < -0.39 is 0 Å². The van der Waals surface area contributed by atoms with Crippen molar-refractivity contribution >= 4 is 29.9 Å². The number of halogens is 1. The molecule has 24 heavy (non-hydrogen) atoms. The molecule has 138 valence electrons. The maximum absolute atomic E-state index is 5.87. The van der Waals surface area contributed by atoms with Gasteiger partial charge >= 0.3 is 0 Å². The predicted octanol–water partition coefficient (Wildman–Crippen LogP) is 2.67. The van der Waals surface area contributed by atoms with Crippen LogP contribution < -0.4 is 20.1 Å². The Morgan fingerprint density at radius 3 is 2.62 bits per heavy atom. The number of rotatable bonds is 10. The maximum Gasteiger partial charge on any atom is 0.191 e. The maximum atomic E-state index is 5.87. The van der Waals surface area contributed by atoms with Crippen LogP contribution in [0, 0.1) is 0 Å². The van der Waals surface area contributed by atoms with Crippen LogP contribution in [0.2, 0.25) is 0 Å². The summed E-state index contributed by atoms with van der Waals surface area (Å²) in [5.74, 6) is 2.36. The van der Waals surface area contributed by atoms with Gasteiger partial charge in [-0.3, -0.25) is 0 Å². The van der Waals surface area contributed by atoms with E-state index in [-0.39, 0.29) is 30.1 Å². The minimum Gasteiger partial charge on any atom is -0.497 e. The molecule has 0 bridgehead atoms. The third-order valence-corrected chi connectivity index (χ3v) is 3.05. The standard InChI is InChI=1S/C17H29N3O3.HI/c1-5-18-17(19-10-7-11-21-3)20-13-14(2)23-16-9-6-8-15(12-16)22-4;/h6,8-9,12,14H,5,7,10-11,13H2,1-4H3,(H2,18,19,20);1H. The van der Waals surface area contributed by atoms with Gasteiger partial charge in [0.1, 0.15) is 17.6 Å². The first-order valence-corrected chi connectivity index (χ1v) is 8.01. The van der Waals surface area contributed by atoms with E-state index >= 15 is 0 Å². The number of ether oxygens (including phenoxy) is 3. The Bertz CT molecular complexity index is 472. The lowest BCUT2D eigenvalue weighted by molar-refractivity contribution is 0.195. The van der Waals surface area contributed by atoms with Gasteiger partial charge in [0.15, 0.2) is 5.96 Å². The number of methoxy groups -OCH3 is 2. The van der Waals surface area contributed by atoms with E-state index in [1.54, 1.807) is 14.2 Å². The van der Waals surface area contributed by atoms with Crippen molar-refractivity contribution in [3.8, 4) is 11.5 Å². The molecule has 0 amide bonds. The first-order chi connectivity index (χ1) is 11.2. The van der Waals surface area contributed by atoms with Crippen LogP contribution in [-0.4, -0.2) is 52.5 Å². The molecule has 0 saturated carbocycles. The molecule has 1 aromatic carbocycles. The zero-order chi connectivity index (χ0) is 16.9. The quantitative estimate of drug-likeness (QED) is 0.248. The van der Waals surface area contributed by atoms with Crippen molar-refractivity contribution in [2.45, 2.75) is 26.4 Å². The largest absolute Gasteiger partial charge is 0.497 e. The molecule has 1 aromatic rings. The molecule has 0 heterocycles. The Morgan fingerprint density at radius 2 is 1.96 bits per heavy atom. The lowest BCUT2D eigenvalue weighted by Crippen LogP contribution is -2.38. The summed E-state index contributed by atoms with van der Waals surface area (Å²) in [7, 11) is 3.35. The van der Waals surface area contributed by atoms with E-state index in [1.807, 2.05) is 38.1 Å². The minimum absolute atomic E-state index is 0. The van der Waals surface area contributed by atoms with Gasteiger partial charge in [-0.2, -0.15) is 0 Å². The summed E-state index contributed by atoms with van der Waals surface area (Å²) in [6, 6.07) is 7.58. The molecular formula is C17H30IN3O3. The van der Waals surface area contributed by atoms with Crippen LogP contribution >= 0.6 is 24.0 Å². The molecule has 0 fully saturated rings. The van der Waals surface area contributed by atoms with Crippen molar-refractivity contribution in [3.05, 3.63) is 24.3 Å². The molecule has 1 atom stereocenters. The smallest absolute Gasteiger partial charge is 0.191 e. The third-order valence-electron chi connectivity index (χ3n) is 3.05. The zero-order valence-electron chi connectivity index (χ0n) is 15.0. The highest BCUT2D eigenvalue weighted by Crippen LogP contribution is 2.19. The topological polar surface area (TPSA) is 64.1 Å². The summed E-state index contributed by atoms with van der Waals surface area (Å²) >= 11 is 0. The molecular weight excluding hydrogens is 421 g/mol. The SMILES string of the molecule is CCNC(=NCC(C)Oc1cccc(OC)c1)NCCCOC.I. The Hall–Kier alpha value is -1.22. The fourth-order valence-electron chi connectivity index (χ4n) is 1.93. The predicted molar refractivity (Wildman–Crippen MR) is 109 cm³/mol. The van der Waals surface area contributed by atoms with Crippen LogP contribution in [0.3, 0.4) is 0 Å². The van der Waals surface area contributed by atoms with Gasteiger partial charge in [-0.05, 0) is 32.4 Å². The van der Waals surface area contributed by atoms with Crippen molar-refractivity contribution < 1.29 is 14.2 Å².